The second-order valence-corrected chi connectivity index (χ2v) is 3.16. The second kappa shape index (κ2) is 4.38. The van der Waals surface area contributed by atoms with Gasteiger partial charge in [-0.3, -0.25) is 9.59 Å². The molecular formula is C9H8F3NO3. The van der Waals surface area contributed by atoms with E-state index in [1.165, 1.54) is 0 Å². The van der Waals surface area contributed by atoms with Crippen molar-refractivity contribution in [1.29, 1.82) is 0 Å². The van der Waals surface area contributed by atoms with E-state index in [9.17, 15) is 22.8 Å². The van der Waals surface area contributed by atoms with Gasteiger partial charge >= 0.3 is 12.1 Å². The molecule has 0 bridgehead atoms. The Morgan fingerprint density at radius 3 is 2.25 bits per heavy atom. The lowest BCUT2D eigenvalue weighted by Gasteiger charge is -2.17. The van der Waals surface area contributed by atoms with Gasteiger partial charge in [0.1, 0.15) is 0 Å². The van der Waals surface area contributed by atoms with Crippen LogP contribution in [0.1, 0.15) is 0 Å². The molecule has 16 heavy (non-hydrogen) atoms. The number of halogens is 3. The van der Waals surface area contributed by atoms with Crippen molar-refractivity contribution in [2.45, 2.75) is 12.7 Å². The lowest BCUT2D eigenvalue weighted by molar-refractivity contribution is -0.195. The Kier molecular flexibility index (Phi) is 3.36. The van der Waals surface area contributed by atoms with E-state index in [1.807, 2.05) is 0 Å². The van der Waals surface area contributed by atoms with Crippen LogP contribution < -0.4 is 5.43 Å². The van der Waals surface area contributed by atoms with Crippen molar-refractivity contribution in [1.82, 2.24) is 4.57 Å². The molecule has 0 saturated carbocycles. The van der Waals surface area contributed by atoms with Crippen LogP contribution in [-0.2, 0) is 11.3 Å². The first-order valence-electron chi connectivity index (χ1n) is 4.26. The molecule has 0 aliphatic rings. The third-order valence-corrected chi connectivity index (χ3v) is 1.95. The minimum Gasteiger partial charge on any atom is -0.481 e. The maximum absolute atomic E-state index is 12.3. The first-order chi connectivity index (χ1) is 7.30. The van der Waals surface area contributed by atoms with Gasteiger partial charge in [-0.2, -0.15) is 13.2 Å². The molecule has 0 aromatic carbocycles. The van der Waals surface area contributed by atoms with Gasteiger partial charge in [-0.25, -0.2) is 0 Å². The normalized spacial score (nSPS) is 13.4. The molecule has 1 N–H and O–H groups in total. The summed E-state index contributed by atoms with van der Waals surface area (Å²) < 4.78 is 37.8. The highest BCUT2D eigenvalue weighted by atomic mass is 19.4. The zero-order valence-corrected chi connectivity index (χ0v) is 7.94. The van der Waals surface area contributed by atoms with Crippen molar-refractivity contribution in [3.8, 4) is 0 Å². The number of hydrogen-bond acceptors (Lipinski definition) is 2. The fourth-order valence-electron chi connectivity index (χ4n) is 1.10. The third-order valence-electron chi connectivity index (χ3n) is 1.95. The molecule has 1 atom stereocenters. The van der Waals surface area contributed by atoms with Gasteiger partial charge in [-0.1, -0.05) is 0 Å². The molecule has 1 rings (SSSR count). The molecule has 88 valence electrons. The van der Waals surface area contributed by atoms with Crippen molar-refractivity contribution in [2.75, 3.05) is 0 Å². The maximum atomic E-state index is 12.3. The zero-order valence-electron chi connectivity index (χ0n) is 7.94. The number of hydrogen-bond donors (Lipinski definition) is 1. The Balaban J connectivity index is 2.88. The van der Waals surface area contributed by atoms with Gasteiger partial charge < -0.3 is 9.67 Å². The number of carboxylic acid groups (broad SMARTS) is 1. The van der Waals surface area contributed by atoms with E-state index in [-0.39, 0.29) is 5.43 Å². The fraction of sp³-hybridized carbons (Fsp3) is 0.333. The molecule has 1 heterocycles. The van der Waals surface area contributed by atoms with Gasteiger partial charge in [0.15, 0.2) is 11.3 Å². The van der Waals surface area contributed by atoms with E-state index < -0.39 is 24.6 Å². The predicted octanol–water partition coefficient (Wildman–Crippen LogP) is 1.11. The van der Waals surface area contributed by atoms with Crippen LogP contribution in [0, 0.1) is 5.92 Å². The van der Waals surface area contributed by atoms with Gasteiger partial charge in [-0.05, 0) is 0 Å². The molecule has 4 nitrogen and oxygen atoms in total. The number of aromatic nitrogens is 1. The average Bonchev–Trinajstić information content (AvgIpc) is 2.14. The topological polar surface area (TPSA) is 59.3 Å². The molecule has 1 unspecified atom stereocenters. The second-order valence-electron chi connectivity index (χ2n) is 3.16. The molecule has 0 amide bonds. The summed E-state index contributed by atoms with van der Waals surface area (Å²) in [7, 11) is 0. The number of pyridine rings is 1. The van der Waals surface area contributed by atoms with Gasteiger partial charge in [0.25, 0.3) is 0 Å². The van der Waals surface area contributed by atoms with Gasteiger partial charge in [-0.15, -0.1) is 0 Å². The standard InChI is InChI=1S/C9H8F3NO3/c10-9(11,12)7(8(15)16)5-13-3-1-6(14)2-4-13/h1-4,7H,5H2,(H,15,16). The van der Waals surface area contributed by atoms with Crippen LogP contribution in [0.4, 0.5) is 13.2 Å². The molecule has 0 aliphatic heterocycles. The summed E-state index contributed by atoms with van der Waals surface area (Å²) in [6.45, 7) is -0.751. The Morgan fingerprint density at radius 2 is 1.88 bits per heavy atom. The van der Waals surface area contributed by atoms with Crippen molar-refractivity contribution in [2.24, 2.45) is 5.92 Å². The van der Waals surface area contributed by atoms with Crippen LogP contribution in [0.15, 0.2) is 29.3 Å². The molecule has 1 aromatic heterocycles. The van der Waals surface area contributed by atoms with Gasteiger partial charge in [0, 0.05) is 31.1 Å². The third kappa shape index (κ3) is 3.11. The van der Waals surface area contributed by atoms with Crippen LogP contribution in [0.2, 0.25) is 0 Å². The van der Waals surface area contributed by atoms with Gasteiger partial charge in [0.05, 0.1) is 0 Å². The molecule has 0 spiro atoms. The quantitative estimate of drug-likeness (QED) is 0.853. The van der Waals surface area contributed by atoms with Crippen LogP contribution in [0.3, 0.4) is 0 Å². The van der Waals surface area contributed by atoms with E-state index in [4.69, 9.17) is 5.11 Å². The zero-order chi connectivity index (χ0) is 12.3. The van der Waals surface area contributed by atoms with Crippen LogP contribution in [-0.4, -0.2) is 21.8 Å². The average molecular weight is 235 g/mol. The summed E-state index contributed by atoms with van der Waals surface area (Å²) in [6.07, 6.45) is -2.58. The minimum atomic E-state index is -4.81. The first kappa shape index (κ1) is 12.3. The molecule has 7 heteroatoms. The Bertz CT molecular complexity index is 418. The van der Waals surface area contributed by atoms with Gasteiger partial charge in [0.2, 0.25) is 0 Å². The van der Waals surface area contributed by atoms with Crippen LogP contribution in [0.25, 0.3) is 0 Å². The van der Waals surface area contributed by atoms with Crippen LogP contribution >= 0.6 is 0 Å². The number of nitrogens with zero attached hydrogens (tertiary/aromatic N) is 1. The maximum Gasteiger partial charge on any atom is 0.403 e. The van der Waals surface area contributed by atoms with E-state index in [2.05, 4.69) is 0 Å². The number of rotatable bonds is 3. The van der Waals surface area contributed by atoms with Crippen molar-refractivity contribution in [3.05, 3.63) is 34.7 Å². The van der Waals surface area contributed by atoms with E-state index in [0.29, 0.717) is 0 Å². The highest BCUT2D eigenvalue weighted by Gasteiger charge is 2.45. The molecular weight excluding hydrogens is 227 g/mol. The molecule has 0 aliphatic carbocycles. The van der Waals surface area contributed by atoms with E-state index >= 15 is 0 Å². The molecule has 0 radical (unpaired) electrons. The summed E-state index contributed by atoms with van der Waals surface area (Å²) >= 11 is 0. The summed E-state index contributed by atoms with van der Waals surface area (Å²) in [5.74, 6) is -4.42. The molecule has 0 saturated heterocycles. The molecule has 1 aromatic rings. The predicted molar refractivity (Wildman–Crippen MR) is 47.9 cm³/mol. The summed E-state index contributed by atoms with van der Waals surface area (Å²) in [5, 5.41) is 8.43. The van der Waals surface area contributed by atoms with Crippen molar-refractivity contribution in [3.63, 3.8) is 0 Å². The van der Waals surface area contributed by atoms with Crippen molar-refractivity contribution < 1.29 is 23.1 Å². The minimum absolute atomic E-state index is 0.352. The first-order valence-corrected chi connectivity index (χ1v) is 4.26. The number of carbonyl (C=O) groups is 1. The smallest absolute Gasteiger partial charge is 0.403 e. The highest BCUT2D eigenvalue weighted by Crippen LogP contribution is 2.27. The monoisotopic (exact) mass is 235 g/mol. The fourth-order valence-corrected chi connectivity index (χ4v) is 1.10. The summed E-state index contributed by atoms with van der Waals surface area (Å²) in [6, 6.07) is 2.13. The highest BCUT2D eigenvalue weighted by molar-refractivity contribution is 5.70. The lowest BCUT2D eigenvalue weighted by atomic mass is 10.1. The van der Waals surface area contributed by atoms with Crippen molar-refractivity contribution >= 4 is 5.97 Å². The largest absolute Gasteiger partial charge is 0.481 e. The van der Waals surface area contributed by atoms with E-state index in [1.54, 1.807) is 0 Å². The number of aliphatic carboxylic acids is 1. The number of alkyl halides is 3. The molecule has 0 fully saturated rings. The summed E-state index contributed by atoms with van der Waals surface area (Å²) in [5.41, 5.74) is -0.352. The number of carboxylic acids is 1. The Hall–Kier alpha value is -1.79. The Labute approximate surface area is 87.9 Å². The Morgan fingerprint density at radius 1 is 1.38 bits per heavy atom. The SMILES string of the molecule is O=C(O)C(Cn1ccc(=O)cc1)C(F)(F)F. The van der Waals surface area contributed by atoms with E-state index in [0.717, 1.165) is 29.1 Å². The lowest BCUT2D eigenvalue weighted by Crippen LogP contribution is -2.34. The van der Waals surface area contributed by atoms with Crippen LogP contribution in [0.5, 0.6) is 0 Å². The summed E-state index contributed by atoms with van der Waals surface area (Å²) in [4.78, 5) is 21.1.